The molecular formula is C16H27N. The summed E-state index contributed by atoms with van der Waals surface area (Å²) in [5.74, 6) is 1.79. The molecule has 2 atom stereocenters. The second-order valence-electron chi connectivity index (χ2n) is 5.43. The molecule has 17 heavy (non-hydrogen) atoms. The molecule has 1 aromatic rings. The van der Waals surface area contributed by atoms with Crippen molar-refractivity contribution in [2.45, 2.75) is 52.4 Å². The Morgan fingerprint density at radius 2 is 1.53 bits per heavy atom. The second kappa shape index (κ2) is 6.80. The van der Waals surface area contributed by atoms with Crippen molar-refractivity contribution in [3.8, 4) is 0 Å². The van der Waals surface area contributed by atoms with Gasteiger partial charge in [-0.15, -0.1) is 0 Å². The summed E-state index contributed by atoms with van der Waals surface area (Å²) in [4.78, 5) is 0. The summed E-state index contributed by atoms with van der Waals surface area (Å²) in [6, 6.07) is 9.03. The number of hydrogen-bond acceptors (Lipinski definition) is 1. The summed E-state index contributed by atoms with van der Waals surface area (Å²) in [5, 5.41) is 0. The third kappa shape index (κ3) is 3.85. The van der Waals surface area contributed by atoms with Crippen LogP contribution in [0.15, 0.2) is 24.3 Å². The molecule has 0 aliphatic rings. The van der Waals surface area contributed by atoms with Gasteiger partial charge in [0.1, 0.15) is 0 Å². The fourth-order valence-corrected chi connectivity index (χ4v) is 2.48. The maximum absolute atomic E-state index is 5.93. The molecule has 0 heterocycles. The lowest BCUT2D eigenvalue weighted by Gasteiger charge is -2.23. The van der Waals surface area contributed by atoms with Gasteiger partial charge in [-0.2, -0.15) is 0 Å². The smallest absolute Gasteiger partial charge is 0.000567 e. The first-order valence-corrected chi connectivity index (χ1v) is 6.90. The molecule has 1 nitrogen and oxygen atoms in total. The molecule has 0 radical (unpaired) electrons. The molecule has 96 valence electrons. The lowest BCUT2D eigenvalue weighted by molar-refractivity contribution is 0.430. The molecule has 0 amide bonds. The van der Waals surface area contributed by atoms with Crippen LogP contribution in [0, 0.1) is 5.92 Å². The number of nitrogens with two attached hydrogens (primary N) is 1. The summed E-state index contributed by atoms with van der Waals surface area (Å²) in [5.41, 5.74) is 8.74. The minimum Gasteiger partial charge on any atom is -0.330 e. The normalized spacial score (nSPS) is 14.9. The molecule has 0 saturated heterocycles. The highest BCUT2D eigenvalue weighted by atomic mass is 14.6. The lowest BCUT2D eigenvalue weighted by atomic mass is 9.84. The third-order valence-electron chi connectivity index (χ3n) is 3.72. The Hall–Kier alpha value is -0.820. The number of rotatable bonds is 6. The van der Waals surface area contributed by atoms with E-state index < -0.39 is 0 Å². The summed E-state index contributed by atoms with van der Waals surface area (Å²) >= 11 is 0. The van der Waals surface area contributed by atoms with E-state index in [0.717, 1.165) is 6.54 Å². The first-order valence-electron chi connectivity index (χ1n) is 6.90. The lowest BCUT2D eigenvalue weighted by Crippen LogP contribution is -2.19. The van der Waals surface area contributed by atoms with Gasteiger partial charge in [-0.1, -0.05) is 64.8 Å². The van der Waals surface area contributed by atoms with Crippen LogP contribution in [0.25, 0.3) is 0 Å². The van der Waals surface area contributed by atoms with E-state index in [9.17, 15) is 0 Å². The zero-order valence-corrected chi connectivity index (χ0v) is 11.7. The SMILES string of the molecule is CCCC(C)C(CN)c1ccc(C(C)C)cc1. The first-order chi connectivity index (χ1) is 8.10. The van der Waals surface area contributed by atoms with Gasteiger partial charge in [-0.05, 0) is 35.4 Å². The molecule has 0 fully saturated rings. The predicted octanol–water partition coefficient (Wildman–Crippen LogP) is 4.29. The van der Waals surface area contributed by atoms with E-state index in [1.54, 1.807) is 0 Å². The fourth-order valence-electron chi connectivity index (χ4n) is 2.48. The van der Waals surface area contributed by atoms with E-state index in [-0.39, 0.29) is 0 Å². The molecule has 2 unspecified atom stereocenters. The van der Waals surface area contributed by atoms with Gasteiger partial charge in [-0.25, -0.2) is 0 Å². The molecular weight excluding hydrogens is 206 g/mol. The summed E-state index contributed by atoms with van der Waals surface area (Å²) in [6.07, 6.45) is 2.50. The zero-order valence-electron chi connectivity index (χ0n) is 11.7. The van der Waals surface area contributed by atoms with Gasteiger partial charge in [0.15, 0.2) is 0 Å². The van der Waals surface area contributed by atoms with Crippen LogP contribution in [0.4, 0.5) is 0 Å². The Morgan fingerprint density at radius 1 is 1.00 bits per heavy atom. The molecule has 0 aliphatic carbocycles. The number of hydrogen-bond donors (Lipinski definition) is 1. The summed E-state index contributed by atoms with van der Waals surface area (Å²) in [7, 11) is 0. The Kier molecular flexibility index (Phi) is 5.70. The van der Waals surface area contributed by atoms with Crippen LogP contribution in [-0.2, 0) is 0 Å². The van der Waals surface area contributed by atoms with Gasteiger partial charge in [-0.3, -0.25) is 0 Å². The maximum Gasteiger partial charge on any atom is -0.000567 e. The second-order valence-corrected chi connectivity index (χ2v) is 5.43. The largest absolute Gasteiger partial charge is 0.330 e. The first kappa shape index (κ1) is 14.2. The van der Waals surface area contributed by atoms with E-state index in [0.29, 0.717) is 17.8 Å². The highest BCUT2D eigenvalue weighted by Gasteiger charge is 2.17. The van der Waals surface area contributed by atoms with Crippen molar-refractivity contribution in [2.75, 3.05) is 6.54 Å². The van der Waals surface area contributed by atoms with Gasteiger partial charge >= 0.3 is 0 Å². The van der Waals surface area contributed by atoms with Crippen LogP contribution in [-0.4, -0.2) is 6.54 Å². The van der Waals surface area contributed by atoms with Crippen LogP contribution in [0.3, 0.4) is 0 Å². The molecule has 1 rings (SSSR count). The Morgan fingerprint density at radius 3 is 1.94 bits per heavy atom. The molecule has 0 saturated carbocycles. The third-order valence-corrected chi connectivity index (χ3v) is 3.72. The van der Waals surface area contributed by atoms with E-state index in [1.807, 2.05) is 0 Å². The van der Waals surface area contributed by atoms with Crippen molar-refractivity contribution in [3.05, 3.63) is 35.4 Å². The van der Waals surface area contributed by atoms with Crippen molar-refractivity contribution in [3.63, 3.8) is 0 Å². The minimum atomic E-state index is 0.510. The van der Waals surface area contributed by atoms with Crippen molar-refractivity contribution < 1.29 is 0 Å². The average molecular weight is 233 g/mol. The molecule has 0 aromatic heterocycles. The van der Waals surface area contributed by atoms with Crippen molar-refractivity contribution in [2.24, 2.45) is 11.7 Å². The van der Waals surface area contributed by atoms with E-state index >= 15 is 0 Å². The molecule has 0 aliphatic heterocycles. The summed E-state index contributed by atoms with van der Waals surface area (Å²) in [6.45, 7) is 9.77. The van der Waals surface area contributed by atoms with Gasteiger partial charge in [0.2, 0.25) is 0 Å². The maximum atomic E-state index is 5.93. The topological polar surface area (TPSA) is 26.0 Å². The molecule has 0 bridgehead atoms. The van der Waals surface area contributed by atoms with Crippen LogP contribution < -0.4 is 5.73 Å². The standard InChI is InChI=1S/C16H27N/c1-5-6-13(4)16(11-17)15-9-7-14(8-10-15)12(2)3/h7-10,12-13,16H,5-6,11,17H2,1-4H3. The van der Waals surface area contributed by atoms with Gasteiger partial charge in [0, 0.05) is 0 Å². The highest BCUT2D eigenvalue weighted by Crippen LogP contribution is 2.28. The van der Waals surface area contributed by atoms with E-state index in [1.165, 1.54) is 24.0 Å². The Bertz CT molecular complexity index is 313. The Labute approximate surface area is 106 Å². The zero-order chi connectivity index (χ0) is 12.8. The minimum absolute atomic E-state index is 0.510. The monoisotopic (exact) mass is 233 g/mol. The van der Waals surface area contributed by atoms with Gasteiger partial charge in [0.05, 0.1) is 0 Å². The van der Waals surface area contributed by atoms with Crippen molar-refractivity contribution in [1.29, 1.82) is 0 Å². The van der Waals surface area contributed by atoms with Crippen LogP contribution in [0.2, 0.25) is 0 Å². The highest BCUT2D eigenvalue weighted by molar-refractivity contribution is 5.27. The van der Waals surface area contributed by atoms with Crippen molar-refractivity contribution in [1.82, 2.24) is 0 Å². The molecule has 1 heteroatoms. The average Bonchev–Trinajstić information content (AvgIpc) is 2.31. The molecule has 0 spiro atoms. The van der Waals surface area contributed by atoms with Crippen LogP contribution >= 0.6 is 0 Å². The Balaban J connectivity index is 2.82. The van der Waals surface area contributed by atoms with Crippen LogP contribution in [0.1, 0.15) is 63.5 Å². The van der Waals surface area contributed by atoms with E-state index in [4.69, 9.17) is 5.73 Å². The predicted molar refractivity (Wildman–Crippen MR) is 76.4 cm³/mol. The van der Waals surface area contributed by atoms with Crippen molar-refractivity contribution >= 4 is 0 Å². The van der Waals surface area contributed by atoms with Gasteiger partial charge in [0.25, 0.3) is 0 Å². The fraction of sp³-hybridized carbons (Fsp3) is 0.625. The number of benzene rings is 1. The molecule has 2 N–H and O–H groups in total. The quantitative estimate of drug-likeness (QED) is 0.779. The molecule has 1 aromatic carbocycles. The van der Waals surface area contributed by atoms with E-state index in [2.05, 4.69) is 52.0 Å². The van der Waals surface area contributed by atoms with Gasteiger partial charge < -0.3 is 5.73 Å². The summed E-state index contributed by atoms with van der Waals surface area (Å²) < 4.78 is 0. The van der Waals surface area contributed by atoms with Crippen LogP contribution in [0.5, 0.6) is 0 Å².